The van der Waals surface area contributed by atoms with E-state index in [0.29, 0.717) is 30.0 Å². The maximum Gasteiger partial charge on any atom is 0.280 e. The van der Waals surface area contributed by atoms with Crippen LogP contribution in [0.4, 0.5) is 5.69 Å². The van der Waals surface area contributed by atoms with Gasteiger partial charge in [-0.25, -0.2) is 8.42 Å². The van der Waals surface area contributed by atoms with Crippen LogP contribution in [0.2, 0.25) is 0 Å². The molecule has 2 amide bonds. The smallest absolute Gasteiger partial charge is 0.280 e. The van der Waals surface area contributed by atoms with Gasteiger partial charge in [0.25, 0.3) is 21.8 Å². The summed E-state index contributed by atoms with van der Waals surface area (Å²) in [7, 11) is -3.76. The van der Waals surface area contributed by atoms with Crippen molar-refractivity contribution in [2.24, 2.45) is 0 Å². The van der Waals surface area contributed by atoms with Gasteiger partial charge in [0, 0.05) is 18.4 Å². The van der Waals surface area contributed by atoms with Gasteiger partial charge >= 0.3 is 0 Å². The molecule has 32 heavy (non-hydrogen) atoms. The van der Waals surface area contributed by atoms with Crippen LogP contribution in [0.1, 0.15) is 33.3 Å². The number of nitrogens with zero attached hydrogens (tertiary/aromatic N) is 2. The standard InChI is InChI=1S/C23H21N3O5S/c1-2-31-18-9-7-17(8-10-18)25-32(29,30)19-11-5-16(6-12-19)13-15-26-22(27)20-4-3-14-24-21(20)23(26)28/h3-12,14,25H,2,13,15H2,1H3. The van der Waals surface area contributed by atoms with Crippen molar-refractivity contribution in [2.45, 2.75) is 18.2 Å². The molecule has 0 radical (unpaired) electrons. The number of anilines is 1. The summed E-state index contributed by atoms with van der Waals surface area (Å²) < 4.78 is 33.2. The zero-order valence-corrected chi connectivity index (χ0v) is 18.1. The topological polar surface area (TPSA) is 106 Å². The molecule has 1 aliphatic heterocycles. The van der Waals surface area contributed by atoms with Gasteiger partial charge in [0.15, 0.2) is 0 Å². The highest BCUT2D eigenvalue weighted by molar-refractivity contribution is 7.92. The summed E-state index contributed by atoms with van der Waals surface area (Å²) in [5.41, 5.74) is 1.70. The van der Waals surface area contributed by atoms with Crippen molar-refractivity contribution in [3.8, 4) is 5.75 Å². The first-order valence-electron chi connectivity index (χ1n) is 10.0. The first-order valence-corrected chi connectivity index (χ1v) is 11.5. The summed E-state index contributed by atoms with van der Waals surface area (Å²) in [6.07, 6.45) is 1.88. The van der Waals surface area contributed by atoms with Gasteiger partial charge in [-0.2, -0.15) is 0 Å². The van der Waals surface area contributed by atoms with Crippen LogP contribution in [0.15, 0.2) is 71.8 Å². The Hall–Kier alpha value is -3.72. The number of hydrogen-bond acceptors (Lipinski definition) is 6. The Morgan fingerprint density at radius 3 is 2.34 bits per heavy atom. The number of fused-ring (bicyclic) bond motifs is 1. The van der Waals surface area contributed by atoms with E-state index in [2.05, 4.69) is 9.71 Å². The fourth-order valence-electron chi connectivity index (χ4n) is 3.39. The van der Waals surface area contributed by atoms with Crippen LogP contribution in [0.5, 0.6) is 5.75 Å². The van der Waals surface area contributed by atoms with Crippen molar-refractivity contribution in [1.82, 2.24) is 9.88 Å². The predicted octanol–water partition coefficient (Wildman–Crippen LogP) is 3.12. The molecule has 9 heteroatoms. The van der Waals surface area contributed by atoms with Crippen LogP contribution in [-0.2, 0) is 16.4 Å². The van der Waals surface area contributed by atoms with Crippen LogP contribution < -0.4 is 9.46 Å². The van der Waals surface area contributed by atoms with Crippen LogP contribution in [0.3, 0.4) is 0 Å². The lowest BCUT2D eigenvalue weighted by Gasteiger charge is -2.14. The number of sulfonamides is 1. The fourth-order valence-corrected chi connectivity index (χ4v) is 4.45. The molecule has 0 saturated carbocycles. The second-order valence-electron chi connectivity index (χ2n) is 7.12. The van der Waals surface area contributed by atoms with Crippen molar-refractivity contribution < 1.29 is 22.7 Å². The second kappa shape index (κ2) is 8.80. The van der Waals surface area contributed by atoms with Gasteiger partial charge in [-0.3, -0.25) is 24.2 Å². The van der Waals surface area contributed by atoms with Gasteiger partial charge in [-0.05, 0) is 67.4 Å². The summed E-state index contributed by atoms with van der Waals surface area (Å²) in [5, 5.41) is 0. The third-order valence-corrected chi connectivity index (χ3v) is 6.40. The third-order valence-electron chi connectivity index (χ3n) is 5.01. The van der Waals surface area contributed by atoms with E-state index >= 15 is 0 Å². The van der Waals surface area contributed by atoms with Crippen molar-refractivity contribution in [3.63, 3.8) is 0 Å². The number of amides is 2. The fraction of sp³-hybridized carbons (Fsp3) is 0.174. The number of rotatable bonds is 8. The van der Waals surface area contributed by atoms with Crippen molar-refractivity contribution in [1.29, 1.82) is 0 Å². The minimum atomic E-state index is -3.76. The lowest BCUT2D eigenvalue weighted by Crippen LogP contribution is -2.31. The van der Waals surface area contributed by atoms with Crippen molar-refractivity contribution >= 4 is 27.5 Å². The number of aromatic nitrogens is 1. The van der Waals surface area contributed by atoms with E-state index in [1.54, 1.807) is 48.5 Å². The number of benzene rings is 2. The van der Waals surface area contributed by atoms with Crippen LogP contribution in [-0.4, -0.2) is 43.3 Å². The largest absolute Gasteiger partial charge is 0.494 e. The molecule has 0 spiro atoms. The summed E-state index contributed by atoms with van der Waals surface area (Å²) >= 11 is 0. The molecule has 0 saturated heterocycles. The summed E-state index contributed by atoms with van der Waals surface area (Å²) in [6, 6.07) is 16.2. The molecule has 0 aliphatic carbocycles. The number of nitrogens with one attached hydrogen (secondary N) is 1. The number of pyridine rings is 1. The van der Waals surface area contributed by atoms with E-state index in [-0.39, 0.29) is 23.0 Å². The Morgan fingerprint density at radius 2 is 1.69 bits per heavy atom. The summed E-state index contributed by atoms with van der Waals surface area (Å²) in [4.78, 5) is 30.1. The maximum atomic E-state index is 12.7. The van der Waals surface area contributed by atoms with Gasteiger partial charge in [-0.1, -0.05) is 12.1 Å². The Bertz CT molecular complexity index is 1220. The second-order valence-corrected chi connectivity index (χ2v) is 8.80. The molecule has 0 fully saturated rings. The van der Waals surface area contributed by atoms with Gasteiger partial charge < -0.3 is 4.74 Å². The molecule has 3 aromatic rings. The Kier molecular flexibility index (Phi) is 5.91. The van der Waals surface area contributed by atoms with E-state index in [4.69, 9.17) is 4.74 Å². The molecule has 2 aromatic carbocycles. The molecular weight excluding hydrogens is 430 g/mol. The summed E-state index contributed by atoms with van der Waals surface area (Å²) in [6.45, 7) is 2.59. The molecule has 4 rings (SSSR count). The van der Waals surface area contributed by atoms with Gasteiger partial charge in [0.05, 0.1) is 17.1 Å². The normalized spacial score (nSPS) is 13.2. The molecule has 1 N–H and O–H groups in total. The average Bonchev–Trinajstić information content (AvgIpc) is 3.04. The number of carbonyl (C=O) groups excluding carboxylic acids is 2. The average molecular weight is 452 g/mol. The Balaban J connectivity index is 1.40. The highest BCUT2D eigenvalue weighted by Gasteiger charge is 2.36. The molecule has 1 aliphatic rings. The van der Waals surface area contributed by atoms with Crippen LogP contribution in [0, 0.1) is 0 Å². The number of imide groups is 1. The van der Waals surface area contributed by atoms with Crippen molar-refractivity contribution in [3.05, 3.63) is 83.7 Å². The van der Waals surface area contributed by atoms with E-state index in [9.17, 15) is 18.0 Å². The highest BCUT2D eigenvalue weighted by atomic mass is 32.2. The van der Waals surface area contributed by atoms with Gasteiger partial charge in [-0.15, -0.1) is 0 Å². The van der Waals surface area contributed by atoms with E-state index in [1.807, 2.05) is 6.92 Å². The Labute approximate surface area is 185 Å². The molecule has 0 bridgehead atoms. The first-order chi connectivity index (χ1) is 15.4. The molecule has 0 atom stereocenters. The highest BCUT2D eigenvalue weighted by Crippen LogP contribution is 2.22. The van der Waals surface area contributed by atoms with Crippen LogP contribution in [0.25, 0.3) is 0 Å². The molecule has 8 nitrogen and oxygen atoms in total. The quantitative estimate of drug-likeness (QED) is 0.528. The first kappa shape index (κ1) is 21.5. The number of hydrogen-bond donors (Lipinski definition) is 1. The molecular formula is C23H21N3O5S. The zero-order chi connectivity index (χ0) is 22.7. The van der Waals surface area contributed by atoms with E-state index in [0.717, 1.165) is 10.5 Å². The molecule has 164 valence electrons. The minimum absolute atomic E-state index is 0.111. The third kappa shape index (κ3) is 4.33. The molecule has 1 aromatic heterocycles. The summed E-state index contributed by atoms with van der Waals surface area (Å²) in [5.74, 6) is -0.116. The van der Waals surface area contributed by atoms with Gasteiger partial charge in [0.2, 0.25) is 0 Å². The monoisotopic (exact) mass is 451 g/mol. The molecule has 2 heterocycles. The van der Waals surface area contributed by atoms with Crippen molar-refractivity contribution in [2.75, 3.05) is 17.9 Å². The maximum absolute atomic E-state index is 12.7. The minimum Gasteiger partial charge on any atom is -0.494 e. The molecule has 0 unspecified atom stereocenters. The SMILES string of the molecule is CCOc1ccc(NS(=O)(=O)c2ccc(CCN3C(=O)c4cccnc4C3=O)cc2)cc1. The lowest BCUT2D eigenvalue weighted by atomic mass is 10.1. The van der Waals surface area contributed by atoms with Gasteiger partial charge in [0.1, 0.15) is 11.4 Å². The van der Waals surface area contributed by atoms with E-state index in [1.165, 1.54) is 18.3 Å². The van der Waals surface area contributed by atoms with E-state index < -0.39 is 15.9 Å². The van der Waals surface area contributed by atoms with Crippen LogP contribution >= 0.6 is 0 Å². The number of ether oxygens (including phenoxy) is 1. The predicted molar refractivity (Wildman–Crippen MR) is 118 cm³/mol. The zero-order valence-electron chi connectivity index (χ0n) is 17.3. The Morgan fingerprint density at radius 1 is 0.969 bits per heavy atom. The number of carbonyl (C=O) groups is 2. The lowest BCUT2D eigenvalue weighted by molar-refractivity contribution is 0.0654.